The molecule has 0 rings (SSSR count). The molecular formula is C10H15F3N2O6. The first-order valence-electron chi connectivity index (χ1n) is 5.63. The number of rotatable bonds is 7. The number of hydrogen-bond acceptors (Lipinski definition) is 5. The number of aliphatic hydroxyl groups is 1. The number of aliphatic hydroxyl groups excluding tert-OH is 1. The second-order valence-electron chi connectivity index (χ2n) is 3.88. The lowest BCUT2D eigenvalue weighted by molar-refractivity contribution is -0.148. The number of carboxylic acid groups (broad SMARTS) is 1. The number of urea groups is 1. The maximum Gasteiger partial charge on any atom is 0.406 e. The Labute approximate surface area is 117 Å². The van der Waals surface area contributed by atoms with Crippen molar-refractivity contribution in [3.8, 4) is 0 Å². The molecule has 0 aliphatic rings. The molecule has 122 valence electrons. The van der Waals surface area contributed by atoms with Crippen LogP contribution in [0, 0.1) is 0 Å². The van der Waals surface area contributed by atoms with Crippen LogP contribution in [-0.2, 0) is 14.3 Å². The number of hydrogen-bond donors (Lipinski definition) is 3. The minimum Gasteiger partial charge on any atom is -0.480 e. The molecule has 0 heterocycles. The maximum absolute atomic E-state index is 12.3. The number of esters is 1. The van der Waals surface area contributed by atoms with Crippen LogP contribution in [0.25, 0.3) is 0 Å². The summed E-state index contributed by atoms with van der Waals surface area (Å²) < 4.78 is 41.0. The second kappa shape index (κ2) is 8.29. The minimum atomic E-state index is -4.71. The van der Waals surface area contributed by atoms with E-state index in [1.807, 2.05) is 0 Å². The van der Waals surface area contributed by atoms with Crippen molar-refractivity contribution >= 4 is 18.0 Å². The van der Waals surface area contributed by atoms with Gasteiger partial charge in [0.15, 0.2) is 0 Å². The van der Waals surface area contributed by atoms with E-state index in [4.69, 9.17) is 10.2 Å². The smallest absolute Gasteiger partial charge is 0.406 e. The highest BCUT2D eigenvalue weighted by molar-refractivity contribution is 5.86. The predicted octanol–water partition coefficient (Wildman–Crippen LogP) is -0.431. The first-order chi connectivity index (χ1) is 9.60. The van der Waals surface area contributed by atoms with E-state index in [0.29, 0.717) is 0 Å². The standard InChI is InChI=1S/C10H15F3N2O6/c1-21-7(17)4-6(8(18)19)14-9(20)15(2-3-16)5-10(11,12)13/h6,16H,2-5H2,1H3,(H,14,20)(H,18,19)/t6-/m0/s1. The third-order valence-electron chi connectivity index (χ3n) is 2.22. The van der Waals surface area contributed by atoms with Gasteiger partial charge in [-0.1, -0.05) is 0 Å². The number of carbonyl (C=O) groups is 3. The molecule has 0 unspecified atom stereocenters. The fourth-order valence-corrected chi connectivity index (χ4v) is 1.28. The molecular weight excluding hydrogens is 301 g/mol. The first kappa shape index (κ1) is 19.0. The fraction of sp³-hybridized carbons (Fsp3) is 0.700. The van der Waals surface area contributed by atoms with Crippen molar-refractivity contribution in [3.05, 3.63) is 0 Å². The van der Waals surface area contributed by atoms with Crippen LogP contribution in [0.2, 0.25) is 0 Å². The number of ether oxygens (including phenoxy) is 1. The number of nitrogens with zero attached hydrogens (tertiary/aromatic N) is 1. The van der Waals surface area contributed by atoms with Gasteiger partial charge in [0.2, 0.25) is 0 Å². The van der Waals surface area contributed by atoms with Crippen molar-refractivity contribution in [3.63, 3.8) is 0 Å². The van der Waals surface area contributed by atoms with Crippen LogP contribution in [0.3, 0.4) is 0 Å². The van der Waals surface area contributed by atoms with E-state index in [1.54, 1.807) is 5.32 Å². The lowest BCUT2D eigenvalue weighted by Gasteiger charge is -2.25. The van der Waals surface area contributed by atoms with Gasteiger partial charge in [-0.25, -0.2) is 9.59 Å². The molecule has 0 aromatic carbocycles. The Balaban J connectivity index is 4.82. The minimum absolute atomic E-state index is 0.188. The summed E-state index contributed by atoms with van der Waals surface area (Å²) in [4.78, 5) is 33.6. The van der Waals surface area contributed by atoms with Gasteiger partial charge in [-0.3, -0.25) is 4.79 Å². The first-order valence-corrected chi connectivity index (χ1v) is 5.63. The third-order valence-corrected chi connectivity index (χ3v) is 2.22. The average molecular weight is 316 g/mol. The summed E-state index contributed by atoms with van der Waals surface area (Å²) in [5.41, 5.74) is 0. The summed E-state index contributed by atoms with van der Waals surface area (Å²) in [7, 11) is 0.991. The number of carbonyl (C=O) groups excluding carboxylic acids is 2. The Morgan fingerprint density at radius 3 is 2.29 bits per heavy atom. The van der Waals surface area contributed by atoms with Crippen molar-refractivity contribution < 1.29 is 42.5 Å². The molecule has 0 aromatic heterocycles. The van der Waals surface area contributed by atoms with Crippen LogP contribution in [0.15, 0.2) is 0 Å². The molecule has 0 aliphatic heterocycles. The van der Waals surface area contributed by atoms with Gasteiger partial charge < -0.3 is 25.2 Å². The molecule has 0 fully saturated rings. The highest BCUT2D eigenvalue weighted by Crippen LogP contribution is 2.16. The number of amides is 2. The van der Waals surface area contributed by atoms with E-state index in [1.165, 1.54) is 0 Å². The molecule has 21 heavy (non-hydrogen) atoms. The number of halogens is 3. The van der Waals surface area contributed by atoms with Gasteiger partial charge in [0, 0.05) is 6.54 Å². The summed E-state index contributed by atoms with van der Waals surface area (Å²) in [6.07, 6.45) is -5.45. The summed E-state index contributed by atoms with van der Waals surface area (Å²) in [5, 5.41) is 19.2. The van der Waals surface area contributed by atoms with E-state index in [2.05, 4.69) is 4.74 Å². The van der Waals surface area contributed by atoms with Crippen LogP contribution in [0.4, 0.5) is 18.0 Å². The lowest BCUT2D eigenvalue weighted by Crippen LogP contribution is -2.51. The largest absolute Gasteiger partial charge is 0.480 e. The Hall–Kier alpha value is -2.04. The Morgan fingerprint density at radius 1 is 1.33 bits per heavy atom. The number of alkyl halides is 3. The number of carboxylic acids is 1. The van der Waals surface area contributed by atoms with Gasteiger partial charge in [-0.05, 0) is 0 Å². The van der Waals surface area contributed by atoms with Crippen LogP contribution in [0.5, 0.6) is 0 Å². The van der Waals surface area contributed by atoms with Gasteiger partial charge in [-0.2, -0.15) is 13.2 Å². The zero-order valence-electron chi connectivity index (χ0n) is 11.0. The third kappa shape index (κ3) is 7.97. The molecule has 0 spiro atoms. The lowest BCUT2D eigenvalue weighted by atomic mass is 10.2. The SMILES string of the molecule is COC(=O)C[C@H](NC(=O)N(CCO)CC(F)(F)F)C(=O)O. The van der Waals surface area contributed by atoms with E-state index in [9.17, 15) is 27.6 Å². The Morgan fingerprint density at radius 2 is 1.90 bits per heavy atom. The van der Waals surface area contributed by atoms with Gasteiger partial charge in [0.25, 0.3) is 0 Å². The van der Waals surface area contributed by atoms with Crippen molar-refractivity contribution in [2.24, 2.45) is 0 Å². The molecule has 8 nitrogen and oxygen atoms in total. The molecule has 11 heteroatoms. The zero-order chi connectivity index (χ0) is 16.6. The topological polar surface area (TPSA) is 116 Å². The molecule has 0 saturated heterocycles. The van der Waals surface area contributed by atoms with Crippen molar-refractivity contribution in [1.82, 2.24) is 10.2 Å². The zero-order valence-corrected chi connectivity index (χ0v) is 11.0. The molecule has 0 bridgehead atoms. The number of nitrogens with one attached hydrogen (secondary N) is 1. The molecule has 2 amide bonds. The number of aliphatic carboxylic acids is 1. The van der Waals surface area contributed by atoms with Crippen molar-refractivity contribution in [2.75, 3.05) is 26.8 Å². The number of methoxy groups -OCH3 is 1. The van der Waals surface area contributed by atoms with Gasteiger partial charge in [0.05, 0.1) is 20.1 Å². The normalized spacial score (nSPS) is 12.4. The van der Waals surface area contributed by atoms with Crippen molar-refractivity contribution in [1.29, 1.82) is 0 Å². The van der Waals surface area contributed by atoms with Crippen LogP contribution < -0.4 is 5.32 Å². The van der Waals surface area contributed by atoms with Crippen molar-refractivity contribution in [2.45, 2.75) is 18.6 Å². The monoisotopic (exact) mass is 316 g/mol. The average Bonchev–Trinajstić information content (AvgIpc) is 2.35. The predicted molar refractivity (Wildman–Crippen MR) is 61.3 cm³/mol. The second-order valence-corrected chi connectivity index (χ2v) is 3.88. The van der Waals surface area contributed by atoms with E-state index in [-0.39, 0.29) is 4.90 Å². The quantitative estimate of drug-likeness (QED) is 0.549. The molecule has 0 aliphatic carbocycles. The summed E-state index contributed by atoms with van der Waals surface area (Å²) in [6.45, 7) is -3.04. The summed E-state index contributed by atoms with van der Waals surface area (Å²) in [6, 6.07) is -3.10. The Bertz CT molecular complexity index is 387. The van der Waals surface area contributed by atoms with Crippen LogP contribution in [0.1, 0.15) is 6.42 Å². The molecule has 3 N–H and O–H groups in total. The maximum atomic E-state index is 12.3. The van der Waals surface area contributed by atoms with Crippen LogP contribution in [-0.4, -0.2) is 72.1 Å². The summed E-state index contributed by atoms with van der Waals surface area (Å²) in [5.74, 6) is -2.56. The van der Waals surface area contributed by atoms with E-state index < -0.39 is 56.3 Å². The fourth-order valence-electron chi connectivity index (χ4n) is 1.28. The highest BCUT2D eigenvalue weighted by Gasteiger charge is 2.34. The van der Waals surface area contributed by atoms with Crippen LogP contribution >= 0.6 is 0 Å². The van der Waals surface area contributed by atoms with Gasteiger partial charge in [0.1, 0.15) is 12.6 Å². The molecule has 0 aromatic rings. The Kier molecular flexibility index (Phi) is 7.49. The van der Waals surface area contributed by atoms with Gasteiger partial charge in [-0.15, -0.1) is 0 Å². The molecule has 0 saturated carbocycles. The highest BCUT2D eigenvalue weighted by atomic mass is 19.4. The molecule has 0 radical (unpaired) electrons. The van der Waals surface area contributed by atoms with E-state index >= 15 is 0 Å². The van der Waals surface area contributed by atoms with E-state index in [0.717, 1.165) is 7.11 Å². The molecule has 1 atom stereocenters. The van der Waals surface area contributed by atoms with Gasteiger partial charge >= 0.3 is 24.1 Å². The summed E-state index contributed by atoms with van der Waals surface area (Å²) >= 11 is 0.